The number of hydrogen-bond donors (Lipinski definition) is 2. The monoisotopic (exact) mass is 399 g/mol. The lowest BCUT2D eigenvalue weighted by Crippen LogP contribution is -2.39. The van der Waals surface area contributed by atoms with E-state index in [9.17, 15) is 5.11 Å². The molecule has 0 bridgehead atoms. The highest BCUT2D eigenvalue weighted by Crippen LogP contribution is 2.41. The van der Waals surface area contributed by atoms with Gasteiger partial charge in [0.25, 0.3) is 0 Å². The highest BCUT2D eigenvalue weighted by molar-refractivity contribution is 5.83. The summed E-state index contributed by atoms with van der Waals surface area (Å²) >= 11 is 0. The summed E-state index contributed by atoms with van der Waals surface area (Å²) in [4.78, 5) is 0. The molecule has 4 rings (SSSR count). The molecule has 0 saturated heterocycles. The van der Waals surface area contributed by atoms with E-state index in [1.165, 1.54) is 0 Å². The van der Waals surface area contributed by atoms with Gasteiger partial charge in [-0.1, -0.05) is 60.7 Å². The summed E-state index contributed by atoms with van der Waals surface area (Å²) in [7, 11) is 3.23. The summed E-state index contributed by atoms with van der Waals surface area (Å²) in [5.74, 6) is 1.44. The minimum atomic E-state index is -1.44. The number of fused-ring (bicyclic) bond motifs is 1. The molecule has 152 valence electrons. The molecule has 4 heteroatoms. The van der Waals surface area contributed by atoms with Crippen LogP contribution in [0.1, 0.15) is 22.7 Å². The van der Waals surface area contributed by atoms with Crippen LogP contribution in [0.25, 0.3) is 10.8 Å². The van der Waals surface area contributed by atoms with E-state index < -0.39 is 11.6 Å². The van der Waals surface area contributed by atoms with Crippen LogP contribution >= 0.6 is 0 Å². The summed E-state index contributed by atoms with van der Waals surface area (Å²) in [6.07, 6.45) is 0. The van der Waals surface area contributed by atoms with Crippen LogP contribution in [0.3, 0.4) is 0 Å². The van der Waals surface area contributed by atoms with Crippen LogP contribution in [0.4, 0.5) is 0 Å². The molecule has 0 aliphatic carbocycles. The van der Waals surface area contributed by atoms with Crippen molar-refractivity contribution in [3.8, 4) is 11.5 Å². The molecule has 30 heavy (non-hydrogen) atoms. The highest BCUT2D eigenvalue weighted by atomic mass is 16.5. The van der Waals surface area contributed by atoms with Gasteiger partial charge >= 0.3 is 0 Å². The smallest absolute Gasteiger partial charge is 0.134 e. The number of aliphatic hydroxyl groups is 1. The molecule has 0 aromatic heterocycles. The van der Waals surface area contributed by atoms with Gasteiger partial charge in [-0.3, -0.25) is 0 Å². The van der Waals surface area contributed by atoms with E-state index >= 15 is 0 Å². The first-order valence-corrected chi connectivity index (χ1v) is 9.82. The van der Waals surface area contributed by atoms with Gasteiger partial charge in [-0.15, -0.1) is 0 Å². The first kappa shape index (κ1) is 20.0. The molecule has 4 nitrogen and oxygen atoms in total. The van der Waals surface area contributed by atoms with E-state index in [-0.39, 0.29) is 0 Å². The Morgan fingerprint density at radius 3 is 1.70 bits per heavy atom. The number of benzene rings is 4. The van der Waals surface area contributed by atoms with Gasteiger partial charge in [0.05, 0.1) is 20.3 Å². The molecule has 4 aromatic carbocycles. The lowest BCUT2D eigenvalue weighted by atomic mass is 9.77. The summed E-state index contributed by atoms with van der Waals surface area (Å²) in [6, 6.07) is 28.2. The zero-order chi connectivity index (χ0) is 21.1. The van der Waals surface area contributed by atoms with Gasteiger partial charge in [-0.05, 0) is 57.8 Å². The van der Waals surface area contributed by atoms with Gasteiger partial charge in [0.15, 0.2) is 0 Å². The molecule has 0 aliphatic heterocycles. The third kappa shape index (κ3) is 3.52. The van der Waals surface area contributed by atoms with Crippen molar-refractivity contribution in [1.82, 2.24) is 0 Å². The highest BCUT2D eigenvalue weighted by Gasteiger charge is 2.39. The molecule has 0 spiro atoms. The minimum absolute atomic E-state index is 0.689. The van der Waals surface area contributed by atoms with Crippen molar-refractivity contribution in [2.45, 2.75) is 11.6 Å². The van der Waals surface area contributed by atoms with Crippen molar-refractivity contribution in [2.75, 3.05) is 14.2 Å². The Labute approximate surface area is 176 Å². The van der Waals surface area contributed by atoms with Crippen molar-refractivity contribution in [2.24, 2.45) is 5.73 Å². The second-order valence-electron chi connectivity index (χ2n) is 7.31. The second-order valence-corrected chi connectivity index (χ2v) is 7.31. The maximum atomic E-state index is 12.1. The lowest BCUT2D eigenvalue weighted by Gasteiger charge is -2.35. The van der Waals surface area contributed by atoms with Gasteiger partial charge in [0.1, 0.15) is 17.1 Å². The maximum absolute atomic E-state index is 12.1. The largest absolute Gasteiger partial charge is 0.497 e. The molecule has 0 heterocycles. The van der Waals surface area contributed by atoms with Crippen LogP contribution in [-0.2, 0) is 5.60 Å². The average Bonchev–Trinajstić information content (AvgIpc) is 2.83. The van der Waals surface area contributed by atoms with Crippen LogP contribution in [0.15, 0.2) is 91.0 Å². The van der Waals surface area contributed by atoms with Crippen molar-refractivity contribution < 1.29 is 14.6 Å². The molecule has 0 aliphatic rings. The Morgan fingerprint density at radius 2 is 1.20 bits per heavy atom. The topological polar surface area (TPSA) is 64.7 Å². The number of methoxy groups -OCH3 is 2. The molecule has 0 fully saturated rings. The summed E-state index contributed by atoms with van der Waals surface area (Å²) in [5, 5.41) is 14.3. The number of ether oxygens (including phenoxy) is 2. The molecule has 3 N–H and O–H groups in total. The summed E-state index contributed by atoms with van der Waals surface area (Å²) in [6.45, 7) is 0. The fourth-order valence-corrected chi connectivity index (χ4v) is 3.86. The van der Waals surface area contributed by atoms with Gasteiger partial charge in [0.2, 0.25) is 0 Å². The number of hydrogen-bond acceptors (Lipinski definition) is 4. The van der Waals surface area contributed by atoms with Gasteiger partial charge in [-0.2, -0.15) is 0 Å². The quantitative estimate of drug-likeness (QED) is 0.489. The van der Waals surface area contributed by atoms with E-state index in [0.29, 0.717) is 11.1 Å². The van der Waals surface area contributed by atoms with Crippen molar-refractivity contribution in [3.05, 3.63) is 108 Å². The molecular formula is C26H25NO3. The Kier molecular flexibility index (Phi) is 5.44. The standard InChI is InChI=1S/C26H25NO3/c1-29-23-13-9-21(10-14-23)26(28,22-11-15-24(30-2)16-12-22)25(27)20-8-7-18-5-3-4-6-19(18)17-20/h3-17,25,28H,27H2,1-2H3/t25-/m1/s1. The van der Waals surface area contributed by atoms with Crippen LogP contribution < -0.4 is 15.2 Å². The Hall–Kier alpha value is -3.34. The van der Waals surface area contributed by atoms with E-state index in [1.54, 1.807) is 14.2 Å². The fourth-order valence-electron chi connectivity index (χ4n) is 3.86. The average molecular weight is 399 g/mol. The van der Waals surface area contributed by atoms with Crippen molar-refractivity contribution in [1.29, 1.82) is 0 Å². The van der Waals surface area contributed by atoms with E-state index in [1.807, 2.05) is 84.9 Å². The molecule has 0 saturated carbocycles. The summed E-state index contributed by atoms with van der Waals surface area (Å²) in [5.41, 5.74) is 7.54. The number of nitrogens with two attached hydrogens (primary N) is 1. The first-order valence-electron chi connectivity index (χ1n) is 9.82. The Morgan fingerprint density at radius 1 is 0.700 bits per heavy atom. The van der Waals surface area contributed by atoms with E-state index in [4.69, 9.17) is 15.2 Å². The normalized spacial score (nSPS) is 12.5. The molecule has 0 amide bonds. The lowest BCUT2D eigenvalue weighted by molar-refractivity contribution is 0.0512. The van der Waals surface area contributed by atoms with E-state index in [0.717, 1.165) is 27.8 Å². The van der Waals surface area contributed by atoms with Gasteiger partial charge in [-0.25, -0.2) is 0 Å². The second kappa shape index (κ2) is 8.19. The first-order chi connectivity index (χ1) is 14.6. The Bertz CT molecular complexity index is 1090. The zero-order valence-electron chi connectivity index (χ0n) is 17.1. The summed E-state index contributed by atoms with van der Waals surface area (Å²) < 4.78 is 10.6. The van der Waals surface area contributed by atoms with Crippen LogP contribution in [0.5, 0.6) is 11.5 Å². The maximum Gasteiger partial charge on any atom is 0.134 e. The van der Waals surface area contributed by atoms with Gasteiger partial charge < -0.3 is 20.3 Å². The van der Waals surface area contributed by atoms with Crippen LogP contribution in [0.2, 0.25) is 0 Å². The fraction of sp³-hybridized carbons (Fsp3) is 0.154. The van der Waals surface area contributed by atoms with Crippen LogP contribution in [-0.4, -0.2) is 19.3 Å². The third-order valence-corrected chi connectivity index (χ3v) is 5.64. The van der Waals surface area contributed by atoms with Gasteiger partial charge in [0, 0.05) is 0 Å². The van der Waals surface area contributed by atoms with Crippen molar-refractivity contribution >= 4 is 10.8 Å². The van der Waals surface area contributed by atoms with E-state index in [2.05, 4.69) is 6.07 Å². The zero-order valence-corrected chi connectivity index (χ0v) is 17.1. The van der Waals surface area contributed by atoms with Crippen LogP contribution in [0, 0.1) is 0 Å². The molecule has 0 unspecified atom stereocenters. The molecular weight excluding hydrogens is 374 g/mol. The minimum Gasteiger partial charge on any atom is -0.497 e. The predicted octanol–water partition coefficient (Wildman–Crippen LogP) is 4.79. The molecule has 4 aromatic rings. The third-order valence-electron chi connectivity index (χ3n) is 5.64. The van der Waals surface area contributed by atoms with Crippen molar-refractivity contribution in [3.63, 3.8) is 0 Å². The number of rotatable bonds is 6. The predicted molar refractivity (Wildman–Crippen MR) is 120 cm³/mol. The Balaban J connectivity index is 1.85. The SMILES string of the molecule is COc1ccc(C(O)(c2ccc(OC)cc2)[C@H](N)c2ccc3ccccc3c2)cc1. The molecule has 0 radical (unpaired) electrons. The molecule has 1 atom stereocenters.